The Morgan fingerprint density at radius 2 is 2.00 bits per heavy atom. The molecule has 1 heterocycles. The van der Waals surface area contributed by atoms with Crippen molar-refractivity contribution >= 4 is 34.2 Å². The summed E-state index contributed by atoms with van der Waals surface area (Å²) in [5.41, 5.74) is 2.07. The SMILES string of the molecule is COC(=O)[C@@]1(c2ccc(OC)c(I)c2)Cc2ccccc2N1. The summed E-state index contributed by atoms with van der Waals surface area (Å²) in [5.74, 6) is 0.504. The topological polar surface area (TPSA) is 47.6 Å². The fourth-order valence-electron chi connectivity index (χ4n) is 2.88. The minimum Gasteiger partial charge on any atom is -0.496 e. The van der Waals surface area contributed by atoms with Gasteiger partial charge in [-0.05, 0) is 51.9 Å². The zero-order valence-corrected chi connectivity index (χ0v) is 14.5. The Hall–Kier alpha value is -1.76. The Morgan fingerprint density at radius 3 is 2.64 bits per heavy atom. The molecule has 0 bridgehead atoms. The smallest absolute Gasteiger partial charge is 0.336 e. The summed E-state index contributed by atoms with van der Waals surface area (Å²) in [4.78, 5) is 12.6. The van der Waals surface area contributed by atoms with E-state index < -0.39 is 5.54 Å². The Balaban J connectivity index is 2.10. The maximum Gasteiger partial charge on any atom is 0.336 e. The molecule has 1 atom stereocenters. The molecule has 0 radical (unpaired) electrons. The molecule has 3 rings (SSSR count). The van der Waals surface area contributed by atoms with Gasteiger partial charge in [0.2, 0.25) is 0 Å². The minimum atomic E-state index is -0.884. The van der Waals surface area contributed by atoms with Crippen LogP contribution in [0.4, 0.5) is 5.69 Å². The molecule has 0 aliphatic carbocycles. The number of nitrogens with one attached hydrogen (secondary N) is 1. The van der Waals surface area contributed by atoms with Crippen molar-refractivity contribution in [2.75, 3.05) is 19.5 Å². The van der Waals surface area contributed by atoms with Crippen molar-refractivity contribution in [3.05, 3.63) is 57.2 Å². The molecule has 22 heavy (non-hydrogen) atoms. The number of halogens is 1. The van der Waals surface area contributed by atoms with Gasteiger partial charge in [0.05, 0.1) is 17.8 Å². The molecule has 1 aliphatic rings. The lowest BCUT2D eigenvalue weighted by Gasteiger charge is -2.28. The van der Waals surface area contributed by atoms with Gasteiger partial charge in [-0.15, -0.1) is 0 Å². The summed E-state index contributed by atoms with van der Waals surface area (Å²) in [7, 11) is 3.06. The van der Waals surface area contributed by atoms with Crippen LogP contribution in [0.5, 0.6) is 5.75 Å². The monoisotopic (exact) mass is 409 g/mol. The van der Waals surface area contributed by atoms with Gasteiger partial charge < -0.3 is 14.8 Å². The van der Waals surface area contributed by atoms with E-state index in [4.69, 9.17) is 9.47 Å². The largest absolute Gasteiger partial charge is 0.496 e. The average Bonchev–Trinajstić information content (AvgIpc) is 2.94. The summed E-state index contributed by atoms with van der Waals surface area (Å²) in [6.45, 7) is 0. The number of methoxy groups -OCH3 is 2. The number of rotatable bonds is 3. The number of anilines is 1. The van der Waals surface area contributed by atoms with Gasteiger partial charge in [-0.2, -0.15) is 0 Å². The third-order valence-corrected chi connectivity index (χ3v) is 4.84. The van der Waals surface area contributed by atoms with Crippen LogP contribution in [-0.4, -0.2) is 20.2 Å². The third kappa shape index (κ3) is 2.33. The maximum atomic E-state index is 12.6. The number of hydrogen-bond acceptors (Lipinski definition) is 4. The number of carbonyl (C=O) groups is 1. The van der Waals surface area contributed by atoms with Crippen molar-refractivity contribution in [3.8, 4) is 5.75 Å². The van der Waals surface area contributed by atoms with Crippen molar-refractivity contribution in [2.45, 2.75) is 12.0 Å². The number of ether oxygens (including phenoxy) is 2. The van der Waals surface area contributed by atoms with E-state index in [1.165, 1.54) is 7.11 Å². The molecule has 1 N–H and O–H groups in total. The highest BCUT2D eigenvalue weighted by Gasteiger charge is 2.46. The third-order valence-electron chi connectivity index (χ3n) is 4.00. The van der Waals surface area contributed by atoms with Crippen LogP contribution < -0.4 is 10.1 Å². The van der Waals surface area contributed by atoms with Crippen LogP contribution in [0, 0.1) is 3.57 Å². The Labute approximate surface area is 143 Å². The molecule has 1 aliphatic heterocycles. The molecular formula is C17H16INO3. The minimum absolute atomic E-state index is 0.287. The zero-order valence-electron chi connectivity index (χ0n) is 12.4. The van der Waals surface area contributed by atoms with Gasteiger partial charge in [0, 0.05) is 12.1 Å². The molecule has 0 unspecified atom stereocenters. The van der Waals surface area contributed by atoms with Gasteiger partial charge in [0.1, 0.15) is 5.75 Å². The highest BCUT2D eigenvalue weighted by Crippen LogP contribution is 2.41. The summed E-state index contributed by atoms with van der Waals surface area (Å²) in [6.07, 6.45) is 0.568. The molecule has 0 saturated carbocycles. The van der Waals surface area contributed by atoms with Crippen LogP contribution in [0.3, 0.4) is 0 Å². The first-order chi connectivity index (χ1) is 10.6. The molecule has 0 amide bonds. The fraction of sp³-hybridized carbons (Fsp3) is 0.235. The Bertz CT molecular complexity index is 705. The molecule has 5 heteroatoms. The summed E-state index contributed by atoms with van der Waals surface area (Å²) >= 11 is 2.21. The predicted molar refractivity (Wildman–Crippen MR) is 93.2 cm³/mol. The number of benzene rings is 2. The first-order valence-electron chi connectivity index (χ1n) is 6.89. The summed E-state index contributed by atoms with van der Waals surface area (Å²) < 4.78 is 11.3. The second-order valence-corrected chi connectivity index (χ2v) is 6.37. The summed E-state index contributed by atoms with van der Waals surface area (Å²) in [6, 6.07) is 13.7. The van der Waals surface area contributed by atoms with E-state index in [1.807, 2.05) is 42.5 Å². The van der Waals surface area contributed by atoms with E-state index in [1.54, 1.807) is 7.11 Å². The van der Waals surface area contributed by atoms with Crippen LogP contribution in [-0.2, 0) is 21.5 Å². The lowest BCUT2D eigenvalue weighted by Crippen LogP contribution is -2.43. The second kappa shape index (κ2) is 5.79. The lowest BCUT2D eigenvalue weighted by molar-refractivity contribution is -0.146. The molecule has 0 fully saturated rings. The molecule has 0 saturated heterocycles. The first-order valence-corrected chi connectivity index (χ1v) is 7.97. The molecule has 4 nitrogen and oxygen atoms in total. The van der Waals surface area contributed by atoms with Gasteiger partial charge in [-0.25, -0.2) is 4.79 Å². The zero-order chi connectivity index (χ0) is 15.7. The van der Waals surface area contributed by atoms with Crippen LogP contribution in [0.25, 0.3) is 0 Å². The van der Waals surface area contributed by atoms with Gasteiger partial charge in [0.25, 0.3) is 0 Å². The maximum absolute atomic E-state index is 12.6. The van der Waals surface area contributed by atoms with Crippen molar-refractivity contribution < 1.29 is 14.3 Å². The quantitative estimate of drug-likeness (QED) is 0.624. The Kier molecular flexibility index (Phi) is 3.99. The van der Waals surface area contributed by atoms with Crippen LogP contribution in [0.15, 0.2) is 42.5 Å². The number of fused-ring (bicyclic) bond motifs is 1. The molecule has 0 spiro atoms. The molecule has 0 aromatic heterocycles. The number of hydrogen-bond donors (Lipinski definition) is 1. The normalized spacial score (nSPS) is 19.2. The van der Waals surface area contributed by atoms with Gasteiger partial charge >= 0.3 is 5.97 Å². The number of esters is 1. The lowest BCUT2D eigenvalue weighted by atomic mass is 9.87. The first kappa shape index (κ1) is 15.1. The van der Waals surface area contributed by atoms with Crippen molar-refractivity contribution in [3.63, 3.8) is 0 Å². The average molecular weight is 409 g/mol. The van der Waals surface area contributed by atoms with E-state index in [2.05, 4.69) is 27.9 Å². The van der Waals surface area contributed by atoms with E-state index in [-0.39, 0.29) is 5.97 Å². The van der Waals surface area contributed by atoms with Crippen LogP contribution in [0.2, 0.25) is 0 Å². The number of carbonyl (C=O) groups excluding carboxylic acids is 1. The standard InChI is InChI=1S/C17H16INO3/c1-21-15-8-7-12(9-13(15)18)17(16(20)22-2)10-11-5-3-4-6-14(11)19-17/h3-9,19H,10H2,1-2H3/t17-/m0/s1. The van der Waals surface area contributed by atoms with Crippen molar-refractivity contribution in [1.82, 2.24) is 0 Å². The highest BCUT2D eigenvalue weighted by atomic mass is 127. The molecule has 2 aromatic carbocycles. The number of para-hydroxylation sites is 1. The molecule has 2 aromatic rings. The van der Waals surface area contributed by atoms with Gasteiger partial charge in [0.15, 0.2) is 5.54 Å². The Morgan fingerprint density at radius 1 is 1.23 bits per heavy atom. The molecular weight excluding hydrogens is 393 g/mol. The van der Waals surface area contributed by atoms with E-state index in [0.717, 1.165) is 26.1 Å². The molecule has 114 valence electrons. The van der Waals surface area contributed by atoms with Gasteiger partial charge in [-0.3, -0.25) is 0 Å². The van der Waals surface area contributed by atoms with Crippen LogP contribution in [0.1, 0.15) is 11.1 Å². The van der Waals surface area contributed by atoms with E-state index in [0.29, 0.717) is 6.42 Å². The van der Waals surface area contributed by atoms with Crippen LogP contribution >= 0.6 is 22.6 Å². The van der Waals surface area contributed by atoms with Gasteiger partial charge in [-0.1, -0.05) is 24.3 Å². The van der Waals surface area contributed by atoms with Crippen molar-refractivity contribution in [2.24, 2.45) is 0 Å². The van der Waals surface area contributed by atoms with E-state index in [9.17, 15) is 4.79 Å². The highest BCUT2D eigenvalue weighted by molar-refractivity contribution is 14.1. The summed E-state index contributed by atoms with van der Waals surface area (Å²) in [5, 5.41) is 3.36. The van der Waals surface area contributed by atoms with Crippen molar-refractivity contribution in [1.29, 1.82) is 0 Å². The van der Waals surface area contributed by atoms with E-state index >= 15 is 0 Å². The second-order valence-electron chi connectivity index (χ2n) is 5.21. The fourth-order valence-corrected chi connectivity index (χ4v) is 3.61. The predicted octanol–water partition coefficient (Wildman–Crippen LogP) is 3.34.